The van der Waals surface area contributed by atoms with Crippen molar-refractivity contribution >= 4 is 46.4 Å². The van der Waals surface area contributed by atoms with Gasteiger partial charge in [0.15, 0.2) is 0 Å². The van der Waals surface area contributed by atoms with Crippen molar-refractivity contribution in [1.29, 1.82) is 0 Å². The monoisotopic (exact) mass is 384 g/mol. The van der Waals surface area contributed by atoms with Crippen molar-refractivity contribution in [2.45, 2.75) is 6.42 Å². The number of anilines is 3. The third-order valence-corrected chi connectivity index (χ3v) is 4.84. The summed E-state index contributed by atoms with van der Waals surface area (Å²) in [7, 11) is 0. The van der Waals surface area contributed by atoms with Gasteiger partial charge >= 0.3 is 0 Å². The maximum Gasteiger partial charge on any atom is 0.277 e. The second-order valence-corrected chi connectivity index (χ2v) is 6.64. The molecule has 1 amide bonds. The van der Waals surface area contributed by atoms with Gasteiger partial charge in [-0.3, -0.25) is 4.79 Å². The Bertz CT molecular complexity index is 973. The first-order valence-electron chi connectivity index (χ1n) is 8.07. The predicted octanol–water partition coefficient (Wildman–Crippen LogP) is 4.73. The van der Waals surface area contributed by atoms with Crippen LogP contribution in [0.4, 0.5) is 17.3 Å². The molecule has 0 unspecified atom stereocenters. The van der Waals surface area contributed by atoms with Crippen LogP contribution in [-0.2, 0) is 6.42 Å². The molecule has 5 nitrogen and oxygen atoms in total. The molecule has 0 spiro atoms. The van der Waals surface area contributed by atoms with Crippen LogP contribution < -0.4 is 10.2 Å². The lowest BCUT2D eigenvalue weighted by atomic mass is 10.2. The molecule has 2 aromatic carbocycles. The number of nitrogens with zero attached hydrogens (tertiary/aromatic N) is 3. The Morgan fingerprint density at radius 3 is 2.62 bits per heavy atom. The van der Waals surface area contributed by atoms with Gasteiger partial charge in [-0.05, 0) is 36.2 Å². The van der Waals surface area contributed by atoms with E-state index in [-0.39, 0.29) is 11.9 Å². The first kappa shape index (κ1) is 16.8. The minimum Gasteiger partial charge on any atom is -0.322 e. The largest absolute Gasteiger partial charge is 0.322 e. The Morgan fingerprint density at radius 1 is 1.04 bits per heavy atom. The van der Waals surface area contributed by atoms with E-state index in [0.717, 1.165) is 17.7 Å². The summed E-state index contributed by atoms with van der Waals surface area (Å²) in [5.74, 6) is 0.101. The van der Waals surface area contributed by atoms with Crippen molar-refractivity contribution in [1.82, 2.24) is 9.97 Å². The summed E-state index contributed by atoms with van der Waals surface area (Å²) < 4.78 is 0. The zero-order valence-corrected chi connectivity index (χ0v) is 15.1. The second-order valence-electron chi connectivity index (χ2n) is 5.82. The van der Waals surface area contributed by atoms with Crippen LogP contribution in [0.5, 0.6) is 0 Å². The van der Waals surface area contributed by atoms with E-state index in [4.69, 9.17) is 23.2 Å². The Labute approximate surface area is 160 Å². The summed E-state index contributed by atoms with van der Waals surface area (Å²) in [6.45, 7) is 0.640. The Hall–Kier alpha value is -2.63. The van der Waals surface area contributed by atoms with E-state index in [1.54, 1.807) is 29.2 Å². The van der Waals surface area contributed by atoms with Crippen LogP contribution in [0.15, 0.2) is 54.7 Å². The number of carbonyl (C=O) groups excluding carboxylic acids is 1. The summed E-state index contributed by atoms with van der Waals surface area (Å²) in [5.41, 5.74) is 2.91. The Balaban J connectivity index is 1.61. The fourth-order valence-electron chi connectivity index (χ4n) is 2.95. The minimum atomic E-state index is -0.161. The van der Waals surface area contributed by atoms with E-state index in [0.29, 0.717) is 28.0 Å². The van der Waals surface area contributed by atoms with E-state index in [1.807, 2.05) is 24.3 Å². The first-order valence-corrected chi connectivity index (χ1v) is 8.83. The van der Waals surface area contributed by atoms with Crippen molar-refractivity contribution in [2.75, 3.05) is 16.8 Å². The number of nitrogens with one attached hydrogen (secondary N) is 1. The number of para-hydroxylation sites is 2. The highest BCUT2D eigenvalue weighted by atomic mass is 35.5. The molecule has 1 aliphatic rings. The van der Waals surface area contributed by atoms with Crippen LogP contribution >= 0.6 is 23.2 Å². The van der Waals surface area contributed by atoms with E-state index in [2.05, 4.69) is 15.3 Å². The topological polar surface area (TPSA) is 58.1 Å². The highest BCUT2D eigenvalue weighted by molar-refractivity contribution is 6.39. The third kappa shape index (κ3) is 3.11. The molecule has 0 bridgehead atoms. The van der Waals surface area contributed by atoms with E-state index in [9.17, 15) is 4.79 Å². The quantitative estimate of drug-likeness (QED) is 0.708. The van der Waals surface area contributed by atoms with Crippen molar-refractivity contribution < 1.29 is 4.79 Å². The Kier molecular flexibility index (Phi) is 4.49. The first-order chi connectivity index (χ1) is 12.6. The molecule has 130 valence electrons. The maximum atomic E-state index is 12.9. The summed E-state index contributed by atoms with van der Waals surface area (Å²) in [4.78, 5) is 23.1. The number of halogens is 2. The van der Waals surface area contributed by atoms with Gasteiger partial charge in [-0.2, -0.15) is 0 Å². The molecular weight excluding hydrogens is 371 g/mol. The van der Waals surface area contributed by atoms with Crippen LogP contribution in [0.1, 0.15) is 16.1 Å². The van der Waals surface area contributed by atoms with E-state index in [1.165, 1.54) is 6.20 Å². The predicted molar refractivity (Wildman–Crippen MR) is 104 cm³/mol. The molecule has 0 radical (unpaired) electrons. The SMILES string of the molecule is O=C(c1ccnc(Nc2c(Cl)cccc2Cl)n1)N1CCc2ccccc21. The summed E-state index contributed by atoms with van der Waals surface area (Å²) in [6.07, 6.45) is 2.38. The van der Waals surface area contributed by atoms with Gasteiger partial charge in [0, 0.05) is 18.4 Å². The standard InChI is InChI=1S/C19H14Cl2N4O/c20-13-5-3-6-14(21)17(13)24-19-22-10-8-15(23-19)18(26)25-11-9-12-4-1-2-7-16(12)25/h1-8,10H,9,11H2,(H,22,23,24). The minimum absolute atomic E-state index is 0.161. The Morgan fingerprint density at radius 2 is 1.81 bits per heavy atom. The number of fused-ring (bicyclic) bond motifs is 1. The van der Waals surface area contributed by atoms with Crippen LogP contribution in [0.2, 0.25) is 10.0 Å². The van der Waals surface area contributed by atoms with Gasteiger partial charge in [-0.25, -0.2) is 9.97 Å². The molecule has 3 aromatic rings. The average molecular weight is 385 g/mol. The number of carbonyl (C=O) groups is 1. The van der Waals surface area contributed by atoms with Crippen LogP contribution in [0.25, 0.3) is 0 Å². The van der Waals surface area contributed by atoms with Gasteiger partial charge in [0.2, 0.25) is 5.95 Å². The number of benzene rings is 2. The number of hydrogen-bond acceptors (Lipinski definition) is 4. The number of hydrogen-bond donors (Lipinski definition) is 1. The number of rotatable bonds is 3. The van der Waals surface area contributed by atoms with Crippen molar-refractivity contribution in [3.05, 3.63) is 76.0 Å². The molecule has 1 N–H and O–H groups in total. The zero-order valence-electron chi connectivity index (χ0n) is 13.6. The molecular formula is C19H14Cl2N4O. The molecule has 0 saturated heterocycles. The third-order valence-electron chi connectivity index (χ3n) is 4.21. The molecule has 0 saturated carbocycles. The molecule has 0 fully saturated rings. The number of amides is 1. The van der Waals surface area contributed by atoms with Gasteiger partial charge in [0.05, 0.1) is 15.7 Å². The van der Waals surface area contributed by atoms with Crippen LogP contribution in [0, 0.1) is 0 Å². The highest BCUT2D eigenvalue weighted by Crippen LogP contribution is 2.32. The van der Waals surface area contributed by atoms with Crippen LogP contribution in [0.3, 0.4) is 0 Å². The van der Waals surface area contributed by atoms with E-state index < -0.39 is 0 Å². The van der Waals surface area contributed by atoms with Gasteiger partial charge in [0.25, 0.3) is 5.91 Å². The highest BCUT2D eigenvalue weighted by Gasteiger charge is 2.26. The lowest BCUT2D eigenvalue weighted by molar-refractivity contribution is 0.0984. The normalized spacial score (nSPS) is 12.8. The summed E-state index contributed by atoms with van der Waals surface area (Å²) in [6, 6.07) is 14.7. The molecule has 0 aliphatic carbocycles. The summed E-state index contributed by atoms with van der Waals surface area (Å²) in [5, 5.41) is 3.89. The van der Waals surface area contributed by atoms with Crippen LogP contribution in [-0.4, -0.2) is 22.4 Å². The van der Waals surface area contributed by atoms with Crippen molar-refractivity contribution in [3.63, 3.8) is 0 Å². The van der Waals surface area contributed by atoms with Gasteiger partial charge < -0.3 is 10.2 Å². The maximum absolute atomic E-state index is 12.9. The molecule has 0 atom stereocenters. The van der Waals surface area contributed by atoms with Crippen molar-refractivity contribution in [3.8, 4) is 0 Å². The fraction of sp³-hybridized carbons (Fsp3) is 0.105. The lowest BCUT2D eigenvalue weighted by Gasteiger charge is -2.17. The molecule has 7 heteroatoms. The van der Waals surface area contributed by atoms with Crippen molar-refractivity contribution in [2.24, 2.45) is 0 Å². The average Bonchev–Trinajstić information content (AvgIpc) is 3.09. The molecule has 1 aromatic heterocycles. The van der Waals surface area contributed by atoms with E-state index >= 15 is 0 Å². The van der Waals surface area contributed by atoms with Gasteiger partial charge in [0.1, 0.15) is 5.69 Å². The lowest BCUT2D eigenvalue weighted by Crippen LogP contribution is -2.29. The zero-order chi connectivity index (χ0) is 18.1. The molecule has 4 rings (SSSR count). The molecule has 2 heterocycles. The second kappa shape index (κ2) is 6.94. The van der Waals surface area contributed by atoms with Gasteiger partial charge in [-0.15, -0.1) is 0 Å². The smallest absolute Gasteiger partial charge is 0.277 e. The molecule has 1 aliphatic heterocycles. The van der Waals surface area contributed by atoms with Gasteiger partial charge in [-0.1, -0.05) is 47.5 Å². The summed E-state index contributed by atoms with van der Waals surface area (Å²) >= 11 is 12.3. The molecule has 26 heavy (non-hydrogen) atoms. The number of aromatic nitrogens is 2. The fourth-order valence-corrected chi connectivity index (χ4v) is 3.45.